The van der Waals surface area contributed by atoms with E-state index < -0.39 is 0 Å². The third-order valence-electron chi connectivity index (χ3n) is 3.74. The van der Waals surface area contributed by atoms with Crippen LogP contribution in [0.5, 0.6) is 0 Å². The Balaban J connectivity index is 1.67. The average molecular weight is 343 g/mol. The van der Waals surface area contributed by atoms with Crippen molar-refractivity contribution >= 4 is 17.4 Å². The third-order valence-corrected chi connectivity index (χ3v) is 3.74. The largest absolute Gasteiger partial charge is 0.366 e. The Morgan fingerprint density at radius 1 is 1.12 bits per heavy atom. The van der Waals surface area contributed by atoms with E-state index in [1.807, 2.05) is 37.3 Å². The number of hydrogen-bond donors (Lipinski definition) is 2. The molecule has 1 heterocycles. The van der Waals surface area contributed by atoms with Crippen LogP contribution in [0.4, 0.5) is 11.5 Å². The van der Waals surface area contributed by atoms with Gasteiger partial charge < -0.3 is 10.6 Å². The number of nitrogens with zero attached hydrogens (tertiary/aromatic N) is 3. The standard InChI is InChI=1S/C20H17N5O/c1-14-5-7-15(8-6-14)12-22-19-10-18(23-13-24-19)20(26)25-17-4-2-3-16(9-17)11-21/h2-10,13H,12H2,1H3,(H,25,26)(H,22,23,24). The fourth-order valence-electron chi connectivity index (χ4n) is 2.34. The quantitative estimate of drug-likeness (QED) is 0.739. The molecular weight excluding hydrogens is 326 g/mol. The molecule has 0 spiro atoms. The minimum absolute atomic E-state index is 0.244. The van der Waals surface area contributed by atoms with E-state index in [0.29, 0.717) is 23.6 Å². The summed E-state index contributed by atoms with van der Waals surface area (Å²) in [4.78, 5) is 20.5. The molecule has 6 heteroatoms. The number of nitriles is 1. The van der Waals surface area contributed by atoms with Crippen LogP contribution in [0.2, 0.25) is 0 Å². The van der Waals surface area contributed by atoms with Gasteiger partial charge in [-0.3, -0.25) is 4.79 Å². The Bertz CT molecular complexity index is 960. The molecule has 0 aliphatic heterocycles. The molecular formula is C20H17N5O. The number of anilines is 2. The smallest absolute Gasteiger partial charge is 0.274 e. The first-order valence-electron chi connectivity index (χ1n) is 8.07. The van der Waals surface area contributed by atoms with E-state index in [2.05, 4.69) is 20.6 Å². The minimum Gasteiger partial charge on any atom is -0.366 e. The zero-order chi connectivity index (χ0) is 18.4. The molecule has 0 atom stereocenters. The lowest BCUT2D eigenvalue weighted by atomic mass is 10.1. The van der Waals surface area contributed by atoms with Crippen LogP contribution in [0.15, 0.2) is 60.9 Å². The molecule has 0 fully saturated rings. The molecule has 0 radical (unpaired) electrons. The molecule has 3 rings (SSSR count). The maximum atomic E-state index is 12.4. The highest BCUT2D eigenvalue weighted by atomic mass is 16.1. The Morgan fingerprint density at radius 2 is 1.92 bits per heavy atom. The number of carbonyl (C=O) groups is 1. The maximum absolute atomic E-state index is 12.4. The average Bonchev–Trinajstić information content (AvgIpc) is 2.68. The molecule has 3 aromatic rings. The van der Waals surface area contributed by atoms with Gasteiger partial charge in [0.2, 0.25) is 0 Å². The van der Waals surface area contributed by atoms with Crippen molar-refractivity contribution < 1.29 is 4.79 Å². The van der Waals surface area contributed by atoms with Crippen molar-refractivity contribution in [3.8, 4) is 6.07 Å². The Kier molecular flexibility index (Phi) is 5.20. The van der Waals surface area contributed by atoms with E-state index in [1.54, 1.807) is 30.3 Å². The first kappa shape index (κ1) is 17.1. The lowest BCUT2D eigenvalue weighted by molar-refractivity contribution is 0.102. The molecule has 1 amide bonds. The molecule has 0 bridgehead atoms. The van der Waals surface area contributed by atoms with E-state index in [0.717, 1.165) is 5.56 Å². The lowest BCUT2D eigenvalue weighted by Crippen LogP contribution is -2.14. The van der Waals surface area contributed by atoms with Gasteiger partial charge in [-0.05, 0) is 30.7 Å². The van der Waals surface area contributed by atoms with Gasteiger partial charge in [-0.2, -0.15) is 5.26 Å². The van der Waals surface area contributed by atoms with Gasteiger partial charge in [0.15, 0.2) is 0 Å². The summed E-state index contributed by atoms with van der Waals surface area (Å²) in [6, 6.07) is 18.5. The van der Waals surface area contributed by atoms with Crippen LogP contribution < -0.4 is 10.6 Å². The third kappa shape index (κ3) is 4.42. The second kappa shape index (κ2) is 7.90. The second-order valence-electron chi connectivity index (χ2n) is 5.77. The molecule has 2 aromatic carbocycles. The molecule has 128 valence electrons. The van der Waals surface area contributed by atoms with Crippen LogP contribution in [0, 0.1) is 18.3 Å². The van der Waals surface area contributed by atoms with Gasteiger partial charge in [0.05, 0.1) is 11.6 Å². The van der Waals surface area contributed by atoms with E-state index >= 15 is 0 Å². The summed E-state index contributed by atoms with van der Waals surface area (Å²) in [6.45, 7) is 2.64. The van der Waals surface area contributed by atoms with E-state index in [1.165, 1.54) is 11.9 Å². The summed E-state index contributed by atoms with van der Waals surface area (Å²) in [5, 5.41) is 14.8. The topological polar surface area (TPSA) is 90.7 Å². The fraction of sp³-hybridized carbons (Fsp3) is 0.100. The van der Waals surface area contributed by atoms with E-state index in [4.69, 9.17) is 5.26 Å². The Morgan fingerprint density at radius 3 is 2.69 bits per heavy atom. The number of rotatable bonds is 5. The molecule has 0 saturated heterocycles. The van der Waals surface area contributed by atoms with Gasteiger partial charge in [-0.15, -0.1) is 0 Å². The monoisotopic (exact) mass is 343 g/mol. The van der Waals surface area contributed by atoms with Crippen molar-refractivity contribution in [1.29, 1.82) is 5.26 Å². The van der Waals surface area contributed by atoms with Gasteiger partial charge in [0.25, 0.3) is 5.91 Å². The summed E-state index contributed by atoms with van der Waals surface area (Å²) >= 11 is 0. The highest BCUT2D eigenvalue weighted by Gasteiger charge is 2.09. The maximum Gasteiger partial charge on any atom is 0.274 e. The SMILES string of the molecule is Cc1ccc(CNc2cc(C(=O)Nc3cccc(C#N)c3)ncn2)cc1. The molecule has 0 unspecified atom stereocenters. The predicted molar refractivity (Wildman–Crippen MR) is 99.6 cm³/mol. The lowest BCUT2D eigenvalue weighted by Gasteiger charge is -2.08. The minimum atomic E-state index is -0.360. The molecule has 1 aromatic heterocycles. The summed E-state index contributed by atoms with van der Waals surface area (Å²) in [6.07, 6.45) is 1.35. The number of hydrogen-bond acceptors (Lipinski definition) is 5. The van der Waals surface area contributed by atoms with Gasteiger partial charge >= 0.3 is 0 Å². The van der Waals surface area contributed by atoms with Crippen LogP contribution in [0.25, 0.3) is 0 Å². The number of amides is 1. The van der Waals surface area contributed by atoms with Crippen molar-refractivity contribution in [3.63, 3.8) is 0 Å². The molecule has 0 saturated carbocycles. The summed E-state index contributed by atoms with van der Waals surface area (Å²) in [5.41, 5.74) is 3.59. The number of benzene rings is 2. The predicted octanol–water partition coefficient (Wildman–Crippen LogP) is 3.52. The normalized spacial score (nSPS) is 10.0. The molecule has 2 N–H and O–H groups in total. The first-order valence-corrected chi connectivity index (χ1v) is 8.07. The zero-order valence-electron chi connectivity index (χ0n) is 14.2. The molecule has 0 aliphatic rings. The van der Waals surface area contributed by atoms with Crippen LogP contribution in [-0.2, 0) is 6.54 Å². The van der Waals surface area contributed by atoms with Crippen molar-refractivity contribution in [2.24, 2.45) is 0 Å². The number of aromatic nitrogens is 2. The Hall–Kier alpha value is -3.72. The van der Waals surface area contributed by atoms with Crippen LogP contribution >= 0.6 is 0 Å². The van der Waals surface area contributed by atoms with Crippen molar-refractivity contribution in [3.05, 3.63) is 83.3 Å². The van der Waals surface area contributed by atoms with Gasteiger partial charge in [0.1, 0.15) is 17.8 Å². The molecule has 26 heavy (non-hydrogen) atoms. The fourth-order valence-corrected chi connectivity index (χ4v) is 2.34. The van der Waals surface area contributed by atoms with Crippen LogP contribution in [0.3, 0.4) is 0 Å². The van der Waals surface area contributed by atoms with E-state index in [9.17, 15) is 4.79 Å². The molecule has 0 aliphatic carbocycles. The first-order chi connectivity index (χ1) is 12.6. The number of aryl methyl sites for hydroxylation is 1. The summed E-state index contributed by atoms with van der Waals surface area (Å²) in [5.74, 6) is 0.206. The summed E-state index contributed by atoms with van der Waals surface area (Å²) < 4.78 is 0. The molecule has 6 nitrogen and oxygen atoms in total. The number of nitrogens with one attached hydrogen (secondary N) is 2. The van der Waals surface area contributed by atoms with Gasteiger partial charge in [0, 0.05) is 18.3 Å². The van der Waals surface area contributed by atoms with Crippen LogP contribution in [-0.4, -0.2) is 15.9 Å². The van der Waals surface area contributed by atoms with Crippen molar-refractivity contribution in [2.75, 3.05) is 10.6 Å². The number of carbonyl (C=O) groups excluding carboxylic acids is 1. The summed E-state index contributed by atoms with van der Waals surface area (Å²) in [7, 11) is 0. The Labute approximate surface area is 151 Å². The van der Waals surface area contributed by atoms with Gasteiger partial charge in [-0.25, -0.2) is 9.97 Å². The highest BCUT2D eigenvalue weighted by Crippen LogP contribution is 2.13. The van der Waals surface area contributed by atoms with Crippen molar-refractivity contribution in [2.45, 2.75) is 13.5 Å². The zero-order valence-corrected chi connectivity index (χ0v) is 14.2. The van der Waals surface area contributed by atoms with Crippen LogP contribution in [0.1, 0.15) is 27.2 Å². The van der Waals surface area contributed by atoms with E-state index in [-0.39, 0.29) is 11.6 Å². The second-order valence-corrected chi connectivity index (χ2v) is 5.77. The van der Waals surface area contributed by atoms with Gasteiger partial charge in [-0.1, -0.05) is 35.9 Å². The van der Waals surface area contributed by atoms with Crippen molar-refractivity contribution in [1.82, 2.24) is 9.97 Å². The highest BCUT2D eigenvalue weighted by molar-refractivity contribution is 6.03.